The number of amides is 1. The molecule has 1 amide bonds. The van der Waals surface area contributed by atoms with Crippen LogP contribution in [0.15, 0.2) is 48.7 Å². The summed E-state index contributed by atoms with van der Waals surface area (Å²) in [7, 11) is 2.06. The van der Waals surface area contributed by atoms with Crippen molar-refractivity contribution in [3.05, 3.63) is 59.2 Å². The minimum absolute atomic E-state index is 0.0983. The van der Waals surface area contributed by atoms with E-state index in [0.717, 1.165) is 53.5 Å². The summed E-state index contributed by atoms with van der Waals surface area (Å²) in [6.45, 7) is 3.94. The van der Waals surface area contributed by atoms with Crippen LogP contribution in [0.25, 0.3) is 22.0 Å². The molecule has 29 heavy (non-hydrogen) atoms. The van der Waals surface area contributed by atoms with Crippen LogP contribution in [0, 0.1) is 6.92 Å². The van der Waals surface area contributed by atoms with Gasteiger partial charge in [-0.3, -0.25) is 4.98 Å². The molecule has 0 radical (unpaired) electrons. The van der Waals surface area contributed by atoms with Gasteiger partial charge in [-0.2, -0.15) is 0 Å². The largest absolute Gasteiger partial charge is 0.412 e. The smallest absolute Gasteiger partial charge is 0.408 e. The molecule has 6 heteroatoms. The van der Waals surface area contributed by atoms with E-state index in [1.54, 1.807) is 12.3 Å². The Bertz CT molecular complexity index is 1050. The lowest BCUT2D eigenvalue weighted by Gasteiger charge is -2.29. The molecule has 3 aromatic rings. The Kier molecular flexibility index (Phi) is 5.69. The Hall–Kier alpha value is -2.63. The number of carbonyl (C=O) groups excluding carboxylic acids is 1. The summed E-state index contributed by atoms with van der Waals surface area (Å²) >= 11 is 6.27. The Morgan fingerprint density at radius 2 is 2.07 bits per heavy atom. The Balaban J connectivity index is 1.65. The number of benzene rings is 2. The summed E-state index contributed by atoms with van der Waals surface area (Å²) in [5.74, 6) is 0.427. The molecule has 0 bridgehead atoms. The fraction of sp³-hybridized carbons (Fsp3) is 0.304. The molecule has 150 valence electrons. The molecule has 1 aromatic heterocycles. The van der Waals surface area contributed by atoms with Gasteiger partial charge < -0.3 is 15.0 Å². The topological polar surface area (TPSA) is 54.5 Å². The molecule has 2 aromatic carbocycles. The number of likely N-dealkylation sites (N-methyl/N-ethyl adjacent to an activating group) is 1. The van der Waals surface area contributed by atoms with E-state index in [4.69, 9.17) is 16.3 Å². The summed E-state index contributed by atoms with van der Waals surface area (Å²) in [6.07, 6.45) is 3.19. The predicted octanol–water partition coefficient (Wildman–Crippen LogP) is 5.05. The van der Waals surface area contributed by atoms with Crippen molar-refractivity contribution in [2.45, 2.75) is 25.8 Å². The molecular formula is C23H24ClN3O2. The van der Waals surface area contributed by atoms with Gasteiger partial charge in [0.1, 0.15) is 0 Å². The molecule has 0 saturated carbocycles. The number of fused-ring (bicyclic) bond motifs is 1. The zero-order valence-corrected chi connectivity index (χ0v) is 17.4. The van der Waals surface area contributed by atoms with Crippen LogP contribution in [0.1, 0.15) is 18.4 Å². The van der Waals surface area contributed by atoms with Gasteiger partial charge >= 0.3 is 6.09 Å². The fourth-order valence-corrected chi connectivity index (χ4v) is 4.08. The van der Waals surface area contributed by atoms with Gasteiger partial charge in [0.15, 0.2) is 5.75 Å². The zero-order valence-electron chi connectivity index (χ0n) is 16.6. The van der Waals surface area contributed by atoms with E-state index >= 15 is 0 Å². The first-order valence-electron chi connectivity index (χ1n) is 9.82. The molecule has 0 spiro atoms. The van der Waals surface area contributed by atoms with Crippen LogP contribution in [-0.2, 0) is 0 Å². The number of pyridine rings is 1. The number of nitrogens with zero attached hydrogens (tertiary/aromatic N) is 2. The quantitative estimate of drug-likeness (QED) is 0.657. The van der Waals surface area contributed by atoms with Crippen LogP contribution < -0.4 is 10.1 Å². The maximum absolute atomic E-state index is 12.5. The van der Waals surface area contributed by atoms with Crippen LogP contribution in [0.3, 0.4) is 0 Å². The molecule has 1 aliphatic rings. The van der Waals surface area contributed by atoms with Gasteiger partial charge in [0, 0.05) is 33.9 Å². The van der Waals surface area contributed by atoms with Crippen LogP contribution >= 0.6 is 11.6 Å². The van der Waals surface area contributed by atoms with E-state index in [1.165, 1.54) is 0 Å². The van der Waals surface area contributed by atoms with Gasteiger partial charge in [-0.05, 0) is 57.1 Å². The second-order valence-electron chi connectivity index (χ2n) is 7.61. The minimum Gasteiger partial charge on any atom is -0.408 e. The molecule has 5 nitrogen and oxygen atoms in total. The summed E-state index contributed by atoms with van der Waals surface area (Å²) < 4.78 is 5.65. The maximum atomic E-state index is 12.5. The number of nitrogens with one attached hydrogen (secondary N) is 1. The second-order valence-corrected chi connectivity index (χ2v) is 8.05. The Morgan fingerprint density at radius 3 is 2.86 bits per heavy atom. The van der Waals surface area contributed by atoms with E-state index < -0.39 is 6.09 Å². The highest BCUT2D eigenvalue weighted by Gasteiger charge is 2.21. The van der Waals surface area contributed by atoms with E-state index in [-0.39, 0.29) is 6.04 Å². The fourth-order valence-electron chi connectivity index (χ4n) is 3.90. The normalized spacial score (nSPS) is 17.3. The standard InChI is InChI=1S/C23H24ClN3O2/c1-15-6-3-4-8-18(15)22-20-12-16(24)9-10-19(20)21(13-25-22)29-23(28)26-17-7-5-11-27(2)14-17/h3-4,6,8-10,12-13,17H,5,7,11,14H2,1-2H3,(H,26,28). The lowest BCUT2D eigenvalue weighted by molar-refractivity contribution is 0.179. The number of ether oxygens (including phenoxy) is 1. The number of aryl methyl sites for hydroxylation is 1. The van der Waals surface area contributed by atoms with Crippen molar-refractivity contribution < 1.29 is 9.53 Å². The van der Waals surface area contributed by atoms with E-state index in [0.29, 0.717) is 10.8 Å². The average Bonchev–Trinajstić information content (AvgIpc) is 2.69. The summed E-state index contributed by atoms with van der Waals surface area (Å²) in [5, 5.41) is 5.24. The third-order valence-electron chi connectivity index (χ3n) is 5.36. The van der Waals surface area contributed by atoms with Crippen molar-refractivity contribution in [2.75, 3.05) is 20.1 Å². The molecule has 1 unspecified atom stereocenters. The van der Waals surface area contributed by atoms with Crippen LogP contribution in [-0.4, -0.2) is 42.2 Å². The monoisotopic (exact) mass is 409 g/mol. The SMILES string of the molecule is Cc1ccccc1-c1ncc(OC(=O)NC2CCCN(C)C2)c2ccc(Cl)cc12. The molecule has 1 atom stereocenters. The van der Waals surface area contributed by atoms with Gasteiger partial charge in [0.25, 0.3) is 0 Å². The third-order valence-corrected chi connectivity index (χ3v) is 5.60. The Morgan fingerprint density at radius 1 is 1.24 bits per heavy atom. The van der Waals surface area contributed by atoms with Gasteiger partial charge in [-0.1, -0.05) is 35.9 Å². The second kappa shape index (κ2) is 8.39. The summed E-state index contributed by atoms with van der Waals surface area (Å²) in [5.41, 5.74) is 2.97. The predicted molar refractivity (Wildman–Crippen MR) is 117 cm³/mol. The highest BCUT2D eigenvalue weighted by Crippen LogP contribution is 2.35. The number of likely N-dealkylation sites (tertiary alicyclic amines) is 1. The molecule has 1 aliphatic heterocycles. The van der Waals surface area contributed by atoms with E-state index in [9.17, 15) is 4.79 Å². The number of aromatic nitrogens is 1. The molecule has 1 N–H and O–H groups in total. The lowest BCUT2D eigenvalue weighted by atomic mass is 10.00. The number of halogens is 1. The van der Waals surface area contributed by atoms with Crippen LogP contribution in [0.4, 0.5) is 4.79 Å². The molecule has 0 aliphatic carbocycles. The lowest BCUT2D eigenvalue weighted by Crippen LogP contribution is -2.47. The highest BCUT2D eigenvalue weighted by molar-refractivity contribution is 6.31. The van der Waals surface area contributed by atoms with E-state index in [1.807, 2.05) is 43.3 Å². The number of hydrogen-bond donors (Lipinski definition) is 1. The van der Waals surface area contributed by atoms with Gasteiger partial charge in [0.2, 0.25) is 0 Å². The van der Waals surface area contributed by atoms with Crippen LogP contribution in [0.5, 0.6) is 5.75 Å². The average molecular weight is 410 g/mol. The summed E-state index contributed by atoms with van der Waals surface area (Å²) in [4.78, 5) is 19.3. The number of rotatable bonds is 3. The minimum atomic E-state index is -0.452. The summed E-state index contributed by atoms with van der Waals surface area (Å²) in [6, 6.07) is 13.7. The van der Waals surface area contributed by atoms with Crippen molar-refractivity contribution >= 4 is 28.5 Å². The number of hydrogen-bond acceptors (Lipinski definition) is 4. The first kappa shape index (κ1) is 19.7. The number of piperidine rings is 1. The van der Waals surface area contributed by atoms with Crippen molar-refractivity contribution in [2.24, 2.45) is 0 Å². The van der Waals surface area contributed by atoms with E-state index in [2.05, 4.69) is 22.2 Å². The van der Waals surface area contributed by atoms with Gasteiger partial charge in [-0.15, -0.1) is 0 Å². The van der Waals surface area contributed by atoms with Crippen molar-refractivity contribution in [3.8, 4) is 17.0 Å². The third kappa shape index (κ3) is 4.36. The molecule has 4 rings (SSSR count). The van der Waals surface area contributed by atoms with Crippen molar-refractivity contribution in [3.63, 3.8) is 0 Å². The van der Waals surface area contributed by atoms with Gasteiger partial charge in [0.05, 0.1) is 11.9 Å². The van der Waals surface area contributed by atoms with Crippen LogP contribution in [0.2, 0.25) is 5.02 Å². The molecule has 2 heterocycles. The highest BCUT2D eigenvalue weighted by atomic mass is 35.5. The maximum Gasteiger partial charge on any atom is 0.412 e. The van der Waals surface area contributed by atoms with Gasteiger partial charge in [-0.25, -0.2) is 4.79 Å². The Labute approximate surface area is 175 Å². The molecular weight excluding hydrogens is 386 g/mol. The first-order chi connectivity index (χ1) is 14.0. The zero-order chi connectivity index (χ0) is 20.4. The molecule has 1 fully saturated rings. The van der Waals surface area contributed by atoms with Crippen molar-refractivity contribution in [1.82, 2.24) is 15.2 Å². The first-order valence-corrected chi connectivity index (χ1v) is 10.2. The van der Waals surface area contributed by atoms with Crippen molar-refractivity contribution in [1.29, 1.82) is 0 Å². The number of carbonyl (C=O) groups is 1. The molecule has 1 saturated heterocycles.